The minimum absolute atomic E-state index is 0.201. The van der Waals surface area contributed by atoms with E-state index < -0.39 is 11.4 Å². The molecule has 2 heterocycles. The molecule has 22 heavy (non-hydrogen) atoms. The minimum atomic E-state index is -1.12. The highest BCUT2D eigenvalue weighted by atomic mass is 16.4. The van der Waals surface area contributed by atoms with E-state index in [1.54, 1.807) is 4.90 Å². The zero-order valence-corrected chi connectivity index (χ0v) is 12.9. The zero-order chi connectivity index (χ0) is 15.7. The van der Waals surface area contributed by atoms with Crippen LogP contribution in [-0.2, 0) is 14.4 Å². The molecule has 0 aromatic rings. The molecule has 1 aliphatic carbocycles. The van der Waals surface area contributed by atoms with Gasteiger partial charge in [-0.1, -0.05) is 0 Å². The van der Waals surface area contributed by atoms with Gasteiger partial charge >= 0.3 is 5.97 Å². The van der Waals surface area contributed by atoms with Crippen molar-refractivity contribution in [2.24, 2.45) is 11.3 Å². The molecule has 0 bridgehead atoms. The van der Waals surface area contributed by atoms with Crippen LogP contribution in [0.4, 0.5) is 0 Å². The molecule has 2 aliphatic heterocycles. The lowest BCUT2D eigenvalue weighted by Gasteiger charge is -2.37. The van der Waals surface area contributed by atoms with E-state index in [1.165, 1.54) is 0 Å². The van der Waals surface area contributed by atoms with Crippen LogP contribution in [0.2, 0.25) is 0 Å². The van der Waals surface area contributed by atoms with Crippen molar-refractivity contribution in [3.63, 3.8) is 0 Å². The van der Waals surface area contributed by atoms with Crippen molar-refractivity contribution in [1.82, 2.24) is 9.80 Å². The first kappa shape index (κ1) is 15.3. The van der Waals surface area contributed by atoms with Gasteiger partial charge in [-0.2, -0.15) is 0 Å². The number of hydrogen-bond acceptors (Lipinski definition) is 3. The molecule has 0 atom stereocenters. The smallest absolute Gasteiger partial charge is 0.319 e. The molecule has 122 valence electrons. The number of amides is 2. The first-order valence-electron chi connectivity index (χ1n) is 8.33. The highest BCUT2D eigenvalue weighted by molar-refractivity contribution is 6.04. The van der Waals surface area contributed by atoms with Gasteiger partial charge in [-0.05, 0) is 44.4 Å². The number of carbonyl (C=O) groups is 3. The summed E-state index contributed by atoms with van der Waals surface area (Å²) >= 11 is 0. The number of carboxylic acids is 1. The summed E-state index contributed by atoms with van der Waals surface area (Å²) in [5.41, 5.74) is -1.12. The number of nitrogens with zero attached hydrogens (tertiary/aromatic N) is 2. The second-order valence-electron chi connectivity index (χ2n) is 6.92. The maximum absolute atomic E-state index is 12.4. The van der Waals surface area contributed by atoms with E-state index in [0.29, 0.717) is 38.3 Å². The summed E-state index contributed by atoms with van der Waals surface area (Å²) in [5, 5.41) is 9.21. The van der Waals surface area contributed by atoms with Crippen molar-refractivity contribution in [3.05, 3.63) is 0 Å². The van der Waals surface area contributed by atoms with Crippen LogP contribution in [0.3, 0.4) is 0 Å². The topological polar surface area (TPSA) is 77.9 Å². The van der Waals surface area contributed by atoms with Crippen LogP contribution < -0.4 is 0 Å². The fourth-order valence-electron chi connectivity index (χ4n) is 3.63. The van der Waals surface area contributed by atoms with E-state index in [2.05, 4.69) is 0 Å². The maximum atomic E-state index is 12.4. The SMILES string of the molecule is O=C1CCCCN1CC1CCN(C(=O)C2(C(=O)O)CC2)CC1. The third-order valence-electron chi connectivity index (χ3n) is 5.37. The summed E-state index contributed by atoms with van der Waals surface area (Å²) in [6.45, 7) is 2.91. The number of hydrogen-bond donors (Lipinski definition) is 1. The third-order valence-corrected chi connectivity index (χ3v) is 5.37. The fourth-order valence-corrected chi connectivity index (χ4v) is 3.63. The van der Waals surface area contributed by atoms with E-state index in [4.69, 9.17) is 0 Å². The van der Waals surface area contributed by atoms with E-state index >= 15 is 0 Å². The molecule has 1 saturated carbocycles. The number of carboxylic acid groups (broad SMARTS) is 1. The second-order valence-corrected chi connectivity index (χ2v) is 6.92. The number of piperidine rings is 2. The molecular formula is C16H24N2O4. The fraction of sp³-hybridized carbons (Fsp3) is 0.812. The zero-order valence-electron chi connectivity index (χ0n) is 12.9. The second kappa shape index (κ2) is 5.89. The number of likely N-dealkylation sites (tertiary alicyclic amines) is 2. The van der Waals surface area contributed by atoms with Gasteiger partial charge in [0.05, 0.1) is 0 Å². The standard InChI is InChI=1S/C16H24N2O4/c19-13-3-1-2-8-18(13)11-12-4-9-17(10-5-12)14(20)16(6-7-16)15(21)22/h12H,1-11H2,(H,21,22). The van der Waals surface area contributed by atoms with E-state index in [-0.39, 0.29) is 11.8 Å². The van der Waals surface area contributed by atoms with Crippen molar-refractivity contribution in [1.29, 1.82) is 0 Å². The molecule has 0 unspecified atom stereocenters. The quantitative estimate of drug-likeness (QED) is 0.789. The lowest BCUT2D eigenvalue weighted by molar-refractivity contribution is -0.154. The van der Waals surface area contributed by atoms with Crippen molar-refractivity contribution in [3.8, 4) is 0 Å². The highest BCUT2D eigenvalue weighted by Gasteiger charge is 2.58. The number of aliphatic carboxylic acids is 1. The van der Waals surface area contributed by atoms with Crippen LogP contribution in [0, 0.1) is 11.3 Å². The normalized spacial score (nSPS) is 25.2. The Balaban J connectivity index is 1.49. The first-order valence-corrected chi connectivity index (χ1v) is 8.33. The van der Waals surface area contributed by atoms with Gasteiger partial charge in [0.2, 0.25) is 11.8 Å². The van der Waals surface area contributed by atoms with Gasteiger partial charge in [0.25, 0.3) is 0 Å². The summed E-state index contributed by atoms with van der Waals surface area (Å²) in [6.07, 6.45) is 5.44. The molecule has 0 aromatic carbocycles. The Morgan fingerprint density at radius 1 is 1.14 bits per heavy atom. The molecule has 2 amide bonds. The van der Waals surface area contributed by atoms with Gasteiger partial charge in [0.1, 0.15) is 5.41 Å². The summed E-state index contributed by atoms with van der Waals surface area (Å²) in [5.74, 6) is -0.482. The summed E-state index contributed by atoms with van der Waals surface area (Å²) in [4.78, 5) is 39.1. The summed E-state index contributed by atoms with van der Waals surface area (Å²) in [7, 11) is 0. The van der Waals surface area contributed by atoms with Crippen LogP contribution in [0.1, 0.15) is 44.9 Å². The molecule has 2 saturated heterocycles. The number of carbonyl (C=O) groups excluding carboxylic acids is 2. The lowest BCUT2D eigenvalue weighted by Crippen LogP contribution is -2.47. The van der Waals surface area contributed by atoms with Gasteiger partial charge in [0.15, 0.2) is 0 Å². The van der Waals surface area contributed by atoms with E-state index in [1.807, 2.05) is 4.90 Å². The largest absolute Gasteiger partial charge is 0.480 e. The molecule has 6 nitrogen and oxygen atoms in total. The van der Waals surface area contributed by atoms with Crippen LogP contribution >= 0.6 is 0 Å². The van der Waals surface area contributed by atoms with Gasteiger partial charge in [-0.25, -0.2) is 0 Å². The number of rotatable bonds is 4. The van der Waals surface area contributed by atoms with Crippen LogP contribution in [-0.4, -0.2) is 58.9 Å². The predicted molar refractivity (Wildman–Crippen MR) is 79.0 cm³/mol. The Bertz CT molecular complexity index is 479. The molecule has 3 aliphatic rings. The van der Waals surface area contributed by atoms with Gasteiger partial charge < -0.3 is 14.9 Å². The van der Waals surface area contributed by atoms with Crippen LogP contribution in [0.25, 0.3) is 0 Å². The van der Waals surface area contributed by atoms with Gasteiger partial charge in [-0.3, -0.25) is 14.4 Å². The maximum Gasteiger partial charge on any atom is 0.319 e. The average Bonchev–Trinajstić information content (AvgIpc) is 3.31. The summed E-state index contributed by atoms with van der Waals surface area (Å²) < 4.78 is 0. The molecular weight excluding hydrogens is 284 g/mol. The Morgan fingerprint density at radius 2 is 1.82 bits per heavy atom. The van der Waals surface area contributed by atoms with Crippen molar-refractivity contribution in [2.75, 3.05) is 26.2 Å². The first-order chi connectivity index (χ1) is 10.5. The molecule has 6 heteroatoms. The Labute approximate surface area is 130 Å². The molecule has 3 rings (SSSR count). The third kappa shape index (κ3) is 2.83. The Morgan fingerprint density at radius 3 is 2.36 bits per heavy atom. The van der Waals surface area contributed by atoms with Crippen molar-refractivity contribution >= 4 is 17.8 Å². The monoisotopic (exact) mass is 308 g/mol. The van der Waals surface area contributed by atoms with Crippen molar-refractivity contribution < 1.29 is 19.5 Å². The molecule has 0 spiro atoms. The van der Waals surface area contributed by atoms with Crippen molar-refractivity contribution in [2.45, 2.75) is 44.9 Å². The highest BCUT2D eigenvalue weighted by Crippen LogP contribution is 2.47. The molecule has 1 N–H and O–H groups in total. The Hall–Kier alpha value is -1.59. The minimum Gasteiger partial charge on any atom is -0.480 e. The van der Waals surface area contributed by atoms with Gasteiger partial charge in [-0.15, -0.1) is 0 Å². The van der Waals surface area contributed by atoms with Gasteiger partial charge in [0, 0.05) is 32.6 Å². The van der Waals surface area contributed by atoms with Crippen LogP contribution in [0.15, 0.2) is 0 Å². The molecule has 0 radical (unpaired) electrons. The average molecular weight is 308 g/mol. The summed E-state index contributed by atoms with van der Waals surface area (Å²) in [6, 6.07) is 0. The molecule has 3 fully saturated rings. The molecule has 0 aromatic heterocycles. The van der Waals surface area contributed by atoms with E-state index in [0.717, 1.165) is 38.8 Å². The van der Waals surface area contributed by atoms with Crippen LogP contribution in [0.5, 0.6) is 0 Å². The lowest BCUT2D eigenvalue weighted by atomic mass is 9.93. The van der Waals surface area contributed by atoms with E-state index in [9.17, 15) is 19.5 Å². The Kier molecular flexibility index (Phi) is 4.10. The predicted octanol–water partition coefficient (Wildman–Crippen LogP) is 1.10.